The van der Waals surface area contributed by atoms with Crippen LogP contribution in [0.15, 0.2) is 60.8 Å². The molecule has 0 spiro atoms. The Labute approximate surface area is 141 Å². The molecule has 120 valence electrons. The minimum absolute atomic E-state index is 0.106. The van der Waals surface area contributed by atoms with Gasteiger partial charge in [0.2, 0.25) is 0 Å². The second-order valence-corrected chi connectivity index (χ2v) is 5.84. The highest BCUT2D eigenvalue weighted by molar-refractivity contribution is 5.99. The van der Waals surface area contributed by atoms with E-state index in [0.29, 0.717) is 17.1 Å². The lowest BCUT2D eigenvalue weighted by Gasteiger charge is -2.14. The maximum atomic E-state index is 12.5. The molecule has 1 amide bonds. The second-order valence-electron chi connectivity index (χ2n) is 5.84. The van der Waals surface area contributed by atoms with Crippen LogP contribution in [0.25, 0.3) is 22.6 Å². The normalized spacial score (nSPS) is 10.5. The second kappa shape index (κ2) is 6.62. The summed E-state index contributed by atoms with van der Waals surface area (Å²) in [5.74, 6) is 0.521. The summed E-state index contributed by atoms with van der Waals surface area (Å²) in [5.41, 5.74) is 4.13. The minimum Gasteiger partial charge on any atom is -0.345 e. The van der Waals surface area contributed by atoms with Crippen LogP contribution in [0.4, 0.5) is 0 Å². The number of hydrogen-bond acceptors (Lipinski definition) is 3. The zero-order valence-electron chi connectivity index (χ0n) is 14.0. The molecule has 3 rings (SSSR count). The molecule has 4 heteroatoms. The molecule has 0 N–H and O–H groups in total. The maximum Gasteiger partial charge on any atom is 0.257 e. The van der Waals surface area contributed by atoms with Gasteiger partial charge < -0.3 is 4.90 Å². The van der Waals surface area contributed by atoms with E-state index < -0.39 is 0 Å². The van der Waals surface area contributed by atoms with E-state index in [2.05, 4.69) is 4.98 Å². The van der Waals surface area contributed by atoms with Gasteiger partial charge in [0.25, 0.3) is 5.91 Å². The highest BCUT2D eigenvalue weighted by Gasteiger charge is 2.18. The number of amides is 1. The molecule has 2 aromatic carbocycles. The Morgan fingerprint density at radius 2 is 1.62 bits per heavy atom. The predicted octanol–water partition coefficient (Wildman–Crippen LogP) is 3.82. The third-order valence-electron chi connectivity index (χ3n) is 3.86. The van der Waals surface area contributed by atoms with Crippen LogP contribution in [-0.2, 0) is 0 Å². The summed E-state index contributed by atoms with van der Waals surface area (Å²) in [5, 5.41) is 0. The smallest absolute Gasteiger partial charge is 0.257 e. The Bertz CT molecular complexity index is 873. The number of aromatic nitrogens is 2. The van der Waals surface area contributed by atoms with E-state index in [1.807, 2.05) is 61.5 Å². The fourth-order valence-corrected chi connectivity index (χ4v) is 2.55. The zero-order chi connectivity index (χ0) is 17.1. The molecule has 0 aliphatic rings. The standard InChI is InChI=1S/C20H19N3O/c1-14-9-7-8-12-16(14)19-21-13-17(20(24)23(2)3)18(22-19)15-10-5-4-6-11-15/h4-13H,1-3H3. The highest BCUT2D eigenvalue weighted by Crippen LogP contribution is 2.26. The summed E-state index contributed by atoms with van der Waals surface area (Å²) in [6.45, 7) is 2.03. The Morgan fingerprint density at radius 1 is 0.958 bits per heavy atom. The largest absolute Gasteiger partial charge is 0.345 e. The van der Waals surface area contributed by atoms with Gasteiger partial charge in [-0.3, -0.25) is 4.79 Å². The third kappa shape index (κ3) is 3.04. The topological polar surface area (TPSA) is 46.1 Å². The van der Waals surface area contributed by atoms with E-state index >= 15 is 0 Å². The van der Waals surface area contributed by atoms with Gasteiger partial charge in [-0.2, -0.15) is 0 Å². The van der Waals surface area contributed by atoms with Crippen LogP contribution in [0.5, 0.6) is 0 Å². The van der Waals surface area contributed by atoms with Gasteiger partial charge in [-0.05, 0) is 12.5 Å². The van der Waals surface area contributed by atoms with Crippen LogP contribution >= 0.6 is 0 Å². The first kappa shape index (κ1) is 15.9. The van der Waals surface area contributed by atoms with Crippen molar-refractivity contribution in [3.8, 4) is 22.6 Å². The molecule has 0 saturated heterocycles. The molecular weight excluding hydrogens is 298 g/mol. The van der Waals surface area contributed by atoms with E-state index in [4.69, 9.17) is 4.98 Å². The summed E-state index contributed by atoms with van der Waals surface area (Å²) in [6.07, 6.45) is 1.62. The van der Waals surface area contributed by atoms with Crippen molar-refractivity contribution in [1.29, 1.82) is 0 Å². The van der Waals surface area contributed by atoms with E-state index in [9.17, 15) is 4.79 Å². The van der Waals surface area contributed by atoms with Gasteiger partial charge in [0.1, 0.15) is 0 Å². The molecule has 0 bridgehead atoms. The highest BCUT2D eigenvalue weighted by atomic mass is 16.2. The monoisotopic (exact) mass is 317 g/mol. The minimum atomic E-state index is -0.106. The molecule has 1 aromatic heterocycles. The average molecular weight is 317 g/mol. The van der Waals surface area contributed by atoms with Crippen LogP contribution in [-0.4, -0.2) is 34.9 Å². The number of benzene rings is 2. The van der Waals surface area contributed by atoms with Crippen LogP contribution < -0.4 is 0 Å². The molecule has 0 aliphatic heterocycles. The van der Waals surface area contributed by atoms with Gasteiger partial charge in [0.05, 0.1) is 11.3 Å². The first-order valence-corrected chi connectivity index (χ1v) is 7.78. The quantitative estimate of drug-likeness (QED) is 0.738. The van der Waals surface area contributed by atoms with Crippen molar-refractivity contribution < 1.29 is 4.79 Å². The van der Waals surface area contributed by atoms with Crippen LogP contribution in [0, 0.1) is 6.92 Å². The molecule has 0 saturated carbocycles. The molecule has 0 radical (unpaired) electrons. The van der Waals surface area contributed by atoms with Crippen molar-refractivity contribution in [1.82, 2.24) is 14.9 Å². The third-order valence-corrected chi connectivity index (χ3v) is 3.86. The molecule has 4 nitrogen and oxygen atoms in total. The average Bonchev–Trinajstić information content (AvgIpc) is 2.62. The molecule has 0 atom stereocenters. The molecule has 24 heavy (non-hydrogen) atoms. The maximum absolute atomic E-state index is 12.5. The molecule has 0 aliphatic carbocycles. The van der Waals surface area contributed by atoms with E-state index in [-0.39, 0.29) is 5.91 Å². The number of carbonyl (C=O) groups excluding carboxylic acids is 1. The van der Waals surface area contributed by atoms with Gasteiger partial charge in [-0.15, -0.1) is 0 Å². The SMILES string of the molecule is Cc1ccccc1-c1ncc(C(=O)N(C)C)c(-c2ccccc2)n1. The lowest BCUT2D eigenvalue weighted by atomic mass is 10.0. The molecule has 1 heterocycles. The van der Waals surface area contributed by atoms with Crippen LogP contribution in [0.2, 0.25) is 0 Å². The number of nitrogens with zero attached hydrogens (tertiary/aromatic N) is 3. The van der Waals surface area contributed by atoms with Crippen LogP contribution in [0.1, 0.15) is 15.9 Å². The Kier molecular flexibility index (Phi) is 4.38. The van der Waals surface area contributed by atoms with Gasteiger partial charge in [0, 0.05) is 31.4 Å². The van der Waals surface area contributed by atoms with E-state index in [1.54, 1.807) is 25.2 Å². The molecule has 0 fully saturated rings. The summed E-state index contributed by atoms with van der Waals surface area (Å²) < 4.78 is 0. The number of rotatable bonds is 3. The lowest BCUT2D eigenvalue weighted by molar-refractivity contribution is 0.0827. The number of hydrogen-bond donors (Lipinski definition) is 0. The van der Waals surface area contributed by atoms with E-state index in [1.165, 1.54) is 0 Å². The van der Waals surface area contributed by atoms with Gasteiger partial charge in [-0.25, -0.2) is 9.97 Å². The van der Waals surface area contributed by atoms with Crippen molar-refractivity contribution in [3.63, 3.8) is 0 Å². The Morgan fingerprint density at radius 3 is 2.29 bits per heavy atom. The molecule has 0 unspecified atom stereocenters. The summed E-state index contributed by atoms with van der Waals surface area (Å²) in [7, 11) is 3.46. The van der Waals surface area contributed by atoms with Crippen molar-refractivity contribution >= 4 is 5.91 Å². The van der Waals surface area contributed by atoms with Gasteiger partial charge in [0.15, 0.2) is 5.82 Å². The Balaban J connectivity index is 2.20. The summed E-state index contributed by atoms with van der Waals surface area (Å²) >= 11 is 0. The number of carbonyl (C=O) groups is 1. The summed E-state index contributed by atoms with van der Waals surface area (Å²) in [4.78, 5) is 23.2. The molecule has 3 aromatic rings. The van der Waals surface area contributed by atoms with Gasteiger partial charge >= 0.3 is 0 Å². The fourth-order valence-electron chi connectivity index (χ4n) is 2.55. The lowest BCUT2D eigenvalue weighted by Crippen LogP contribution is -2.23. The zero-order valence-corrected chi connectivity index (χ0v) is 14.0. The van der Waals surface area contributed by atoms with Gasteiger partial charge in [-0.1, -0.05) is 54.6 Å². The molecular formula is C20H19N3O. The van der Waals surface area contributed by atoms with Crippen molar-refractivity contribution in [2.45, 2.75) is 6.92 Å². The van der Waals surface area contributed by atoms with Crippen molar-refractivity contribution in [2.75, 3.05) is 14.1 Å². The van der Waals surface area contributed by atoms with Crippen LogP contribution in [0.3, 0.4) is 0 Å². The summed E-state index contributed by atoms with van der Waals surface area (Å²) in [6, 6.07) is 17.7. The fraction of sp³-hybridized carbons (Fsp3) is 0.150. The van der Waals surface area contributed by atoms with E-state index in [0.717, 1.165) is 16.7 Å². The predicted molar refractivity (Wildman–Crippen MR) is 95.7 cm³/mol. The first-order valence-electron chi connectivity index (χ1n) is 7.78. The van der Waals surface area contributed by atoms with Crippen molar-refractivity contribution in [3.05, 3.63) is 71.9 Å². The Hall–Kier alpha value is -3.01. The number of aryl methyl sites for hydroxylation is 1. The van der Waals surface area contributed by atoms with Crippen molar-refractivity contribution in [2.24, 2.45) is 0 Å². The first-order chi connectivity index (χ1) is 11.6.